The van der Waals surface area contributed by atoms with Crippen LogP contribution in [0.25, 0.3) is 0 Å². The van der Waals surface area contributed by atoms with Crippen molar-refractivity contribution in [2.75, 3.05) is 13.2 Å². The van der Waals surface area contributed by atoms with Gasteiger partial charge >= 0.3 is 0 Å². The lowest BCUT2D eigenvalue weighted by Crippen LogP contribution is -2.32. The molecular weight excluding hydrogens is 229 g/mol. The van der Waals surface area contributed by atoms with Gasteiger partial charge in [0.2, 0.25) is 0 Å². The van der Waals surface area contributed by atoms with Crippen LogP contribution in [0.2, 0.25) is 0 Å². The van der Waals surface area contributed by atoms with E-state index in [1.54, 1.807) is 0 Å². The van der Waals surface area contributed by atoms with Gasteiger partial charge in [0, 0.05) is 13.2 Å². The topological polar surface area (TPSA) is 32.3 Å². The molecule has 0 heterocycles. The van der Waals surface area contributed by atoms with Crippen LogP contribution in [0.3, 0.4) is 0 Å². The van der Waals surface area contributed by atoms with Gasteiger partial charge in [-0.15, -0.1) is 0 Å². The van der Waals surface area contributed by atoms with Gasteiger partial charge in [0.1, 0.15) is 5.82 Å². The molecule has 1 aliphatic carbocycles. The van der Waals surface area contributed by atoms with E-state index >= 15 is 0 Å². The minimum atomic E-state index is -0.189. The van der Waals surface area contributed by atoms with E-state index in [4.69, 9.17) is 0 Å². The fraction of sp³-hybridized carbons (Fsp3) is 0.600. The highest BCUT2D eigenvalue weighted by Crippen LogP contribution is 2.29. The molecule has 1 fully saturated rings. The van der Waals surface area contributed by atoms with E-state index in [9.17, 15) is 9.50 Å². The van der Waals surface area contributed by atoms with Crippen LogP contribution in [0.4, 0.5) is 4.39 Å². The van der Waals surface area contributed by atoms with Gasteiger partial charge in [0.15, 0.2) is 0 Å². The summed E-state index contributed by atoms with van der Waals surface area (Å²) in [6, 6.07) is 6.61. The molecule has 0 saturated heterocycles. The molecule has 0 bridgehead atoms. The van der Waals surface area contributed by atoms with Gasteiger partial charge < -0.3 is 10.4 Å². The molecule has 2 unspecified atom stereocenters. The lowest BCUT2D eigenvalue weighted by Gasteiger charge is -2.30. The number of halogens is 1. The van der Waals surface area contributed by atoms with E-state index in [1.165, 1.54) is 31.4 Å². The maximum atomic E-state index is 12.7. The summed E-state index contributed by atoms with van der Waals surface area (Å²) < 4.78 is 12.7. The Kier molecular flexibility index (Phi) is 5.14. The average Bonchev–Trinajstić information content (AvgIpc) is 2.41. The minimum absolute atomic E-state index is 0.189. The van der Waals surface area contributed by atoms with Gasteiger partial charge in [-0.2, -0.15) is 0 Å². The van der Waals surface area contributed by atoms with Gasteiger partial charge in [-0.1, -0.05) is 25.0 Å². The van der Waals surface area contributed by atoms with Crippen molar-refractivity contribution in [2.24, 2.45) is 11.8 Å². The summed E-state index contributed by atoms with van der Waals surface area (Å²) in [6.07, 6.45) is 4.89. The van der Waals surface area contributed by atoms with Crippen molar-refractivity contribution in [1.82, 2.24) is 5.32 Å². The Labute approximate surface area is 108 Å². The first kappa shape index (κ1) is 13.5. The summed E-state index contributed by atoms with van der Waals surface area (Å²) in [5.41, 5.74) is 1.10. The Balaban J connectivity index is 1.75. The lowest BCUT2D eigenvalue weighted by atomic mass is 9.79. The standard InChI is InChI=1S/C15H22FNO/c16-15-7-5-12(6-8-15)9-17-10-13-3-1-2-4-14(13)11-18/h5-8,13-14,17-18H,1-4,9-11H2. The predicted octanol–water partition coefficient (Wildman–Crippen LogP) is 2.71. The summed E-state index contributed by atoms with van der Waals surface area (Å²) in [5.74, 6) is 0.857. The number of hydrogen-bond donors (Lipinski definition) is 2. The summed E-state index contributed by atoms with van der Waals surface area (Å²) >= 11 is 0. The fourth-order valence-electron chi connectivity index (χ4n) is 2.80. The molecule has 0 spiro atoms. The zero-order valence-electron chi connectivity index (χ0n) is 10.7. The highest BCUT2D eigenvalue weighted by atomic mass is 19.1. The van der Waals surface area contributed by atoms with Crippen LogP contribution >= 0.6 is 0 Å². The molecule has 1 aliphatic rings. The zero-order chi connectivity index (χ0) is 12.8. The van der Waals surface area contributed by atoms with Crippen LogP contribution in [0.1, 0.15) is 31.2 Å². The number of benzene rings is 1. The van der Waals surface area contributed by atoms with Crippen molar-refractivity contribution >= 4 is 0 Å². The Morgan fingerprint density at radius 3 is 2.44 bits per heavy atom. The summed E-state index contributed by atoms with van der Waals surface area (Å²) in [6.45, 7) is 2.03. The molecule has 1 aromatic rings. The number of rotatable bonds is 5. The molecule has 0 aromatic heterocycles. The zero-order valence-corrected chi connectivity index (χ0v) is 10.7. The van der Waals surface area contributed by atoms with Crippen LogP contribution in [0.5, 0.6) is 0 Å². The lowest BCUT2D eigenvalue weighted by molar-refractivity contribution is 0.133. The molecule has 3 heteroatoms. The molecule has 100 valence electrons. The van der Waals surface area contributed by atoms with Gasteiger partial charge in [-0.25, -0.2) is 4.39 Å². The fourth-order valence-corrected chi connectivity index (χ4v) is 2.80. The average molecular weight is 251 g/mol. The molecule has 2 atom stereocenters. The van der Waals surface area contributed by atoms with E-state index in [-0.39, 0.29) is 5.82 Å². The van der Waals surface area contributed by atoms with Crippen LogP contribution in [-0.4, -0.2) is 18.3 Å². The van der Waals surface area contributed by atoms with Gasteiger partial charge in [0.25, 0.3) is 0 Å². The van der Waals surface area contributed by atoms with E-state index in [0.29, 0.717) is 18.4 Å². The molecule has 0 radical (unpaired) electrons. The second-order valence-electron chi connectivity index (χ2n) is 5.24. The highest BCUT2D eigenvalue weighted by Gasteiger charge is 2.23. The third-order valence-corrected chi connectivity index (χ3v) is 3.95. The van der Waals surface area contributed by atoms with Crippen LogP contribution in [0.15, 0.2) is 24.3 Å². The van der Waals surface area contributed by atoms with Crippen LogP contribution in [0, 0.1) is 17.7 Å². The van der Waals surface area contributed by atoms with E-state index in [1.807, 2.05) is 12.1 Å². The quantitative estimate of drug-likeness (QED) is 0.843. The Hall–Kier alpha value is -0.930. The van der Waals surface area contributed by atoms with Crippen molar-refractivity contribution in [3.63, 3.8) is 0 Å². The third kappa shape index (κ3) is 3.79. The highest BCUT2D eigenvalue weighted by molar-refractivity contribution is 5.15. The molecule has 0 amide bonds. The number of aliphatic hydroxyl groups is 1. The number of aliphatic hydroxyl groups excluding tert-OH is 1. The molecular formula is C15H22FNO. The molecule has 1 aromatic carbocycles. The monoisotopic (exact) mass is 251 g/mol. The maximum absolute atomic E-state index is 12.7. The third-order valence-electron chi connectivity index (χ3n) is 3.95. The maximum Gasteiger partial charge on any atom is 0.123 e. The molecule has 18 heavy (non-hydrogen) atoms. The summed E-state index contributed by atoms with van der Waals surface area (Å²) in [5, 5.41) is 12.8. The van der Waals surface area contributed by atoms with Crippen LogP contribution in [-0.2, 0) is 6.54 Å². The molecule has 0 aliphatic heterocycles. The van der Waals surface area contributed by atoms with Gasteiger partial charge in [0.05, 0.1) is 0 Å². The molecule has 2 rings (SSSR count). The summed E-state index contributed by atoms with van der Waals surface area (Å²) in [4.78, 5) is 0. The predicted molar refractivity (Wildman–Crippen MR) is 70.6 cm³/mol. The van der Waals surface area contributed by atoms with E-state index in [2.05, 4.69) is 5.32 Å². The van der Waals surface area contributed by atoms with E-state index in [0.717, 1.165) is 25.1 Å². The first-order valence-electron chi connectivity index (χ1n) is 6.85. The van der Waals surface area contributed by atoms with E-state index < -0.39 is 0 Å². The molecule has 2 N–H and O–H groups in total. The SMILES string of the molecule is OCC1CCCCC1CNCc1ccc(F)cc1. The Bertz CT molecular complexity index is 352. The van der Waals surface area contributed by atoms with Crippen LogP contribution < -0.4 is 5.32 Å². The van der Waals surface area contributed by atoms with Crippen molar-refractivity contribution in [3.8, 4) is 0 Å². The van der Waals surface area contributed by atoms with Crippen molar-refractivity contribution in [3.05, 3.63) is 35.6 Å². The first-order valence-corrected chi connectivity index (χ1v) is 6.85. The Morgan fingerprint density at radius 1 is 1.11 bits per heavy atom. The number of hydrogen-bond acceptors (Lipinski definition) is 2. The molecule has 2 nitrogen and oxygen atoms in total. The van der Waals surface area contributed by atoms with Crippen molar-refractivity contribution in [2.45, 2.75) is 32.2 Å². The largest absolute Gasteiger partial charge is 0.396 e. The second kappa shape index (κ2) is 6.86. The van der Waals surface area contributed by atoms with Gasteiger partial charge in [-0.3, -0.25) is 0 Å². The normalized spacial score (nSPS) is 24.1. The second-order valence-corrected chi connectivity index (χ2v) is 5.24. The Morgan fingerprint density at radius 2 is 1.78 bits per heavy atom. The van der Waals surface area contributed by atoms with Crippen molar-refractivity contribution in [1.29, 1.82) is 0 Å². The van der Waals surface area contributed by atoms with Crippen molar-refractivity contribution < 1.29 is 9.50 Å². The minimum Gasteiger partial charge on any atom is -0.396 e. The number of nitrogens with one attached hydrogen (secondary N) is 1. The smallest absolute Gasteiger partial charge is 0.123 e. The first-order chi connectivity index (χ1) is 8.79. The van der Waals surface area contributed by atoms with Gasteiger partial charge in [-0.05, 0) is 48.9 Å². The molecule has 1 saturated carbocycles. The summed E-state index contributed by atoms with van der Waals surface area (Å²) in [7, 11) is 0.